The van der Waals surface area contributed by atoms with E-state index in [4.69, 9.17) is 0 Å². The van der Waals surface area contributed by atoms with Crippen LogP contribution in [0.2, 0.25) is 0 Å². The molecule has 1 saturated carbocycles. The van der Waals surface area contributed by atoms with E-state index in [-0.39, 0.29) is 16.3 Å². The lowest BCUT2D eigenvalue weighted by molar-refractivity contribution is -0.384. The summed E-state index contributed by atoms with van der Waals surface area (Å²) in [5.74, 6) is -0.591. The molecule has 2 aromatic rings. The first-order valence-electron chi connectivity index (χ1n) is 9.59. The maximum atomic E-state index is 13.2. The first-order chi connectivity index (χ1) is 14.3. The van der Waals surface area contributed by atoms with Crippen molar-refractivity contribution in [2.75, 3.05) is 10.8 Å². The van der Waals surface area contributed by atoms with Crippen LogP contribution in [-0.2, 0) is 14.8 Å². The van der Waals surface area contributed by atoms with Crippen molar-refractivity contribution < 1.29 is 23.2 Å². The number of aliphatic hydroxyl groups excluding tert-OH is 1. The maximum Gasteiger partial charge on any atom is 0.271 e. The number of carbonyl (C=O) groups excluding carboxylic acids is 1. The number of carbonyl (C=O) groups is 1. The van der Waals surface area contributed by atoms with Crippen molar-refractivity contribution in [3.8, 4) is 0 Å². The first kappa shape index (κ1) is 21.7. The fourth-order valence-corrected chi connectivity index (χ4v) is 4.89. The van der Waals surface area contributed by atoms with E-state index >= 15 is 0 Å². The van der Waals surface area contributed by atoms with E-state index in [9.17, 15) is 28.4 Å². The Hall–Kier alpha value is -2.98. The first-order valence-corrected chi connectivity index (χ1v) is 11.0. The Bertz CT molecular complexity index is 1010. The summed E-state index contributed by atoms with van der Waals surface area (Å²) in [7, 11) is -4.16. The van der Waals surface area contributed by atoms with Gasteiger partial charge in [-0.15, -0.1) is 0 Å². The standard InChI is InChI=1S/C20H23N3O6S/c24-19-12-5-4-11-18(19)21-20(25)14-22(15-7-6-8-16(13-15)23(26)27)30(28,29)17-9-2-1-3-10-17/h1-3,6-10,13,18-19,24H,4-5,11-12,14H2,(H,21,25)/t18-,19+/m1/s1. The van der Waals surface area contributed by atoms with Crippen LogP contribution in [0, 0.1) is 10.1 Å². The third kappa shape index (κ3) is 4.95. The summed E-state index contributed by atoms with van der Waals surface area (Å²) in [5, 5.41) is 23.9. The molecule has 1 aliphatic rings. The van der Waals surface area contributed by atoms with Crippen LogP contribution >= 0.6 is 0 Å². The van der Waals surface area contributed by atoms with Crippen molar-refractivity contribution >= 4 is 27.3 Å². The second kappa shape index (κ2) is 9.23. The van der Waals surface area contributed by atoms with E-state index < -0.39 is 39.5 Å². The molecule has 0 heterocycles. The molecule has 9 nitrogen and oxygen atoms in total. The molecule has 0 aromatic heterocycles. The van der Waals surface area contributed by atoms with Crippen molar-refractivity contribution in [2.24, 2.45) is 0 Å². The van der Waals surface area contributed by atoms with Gasteiger partial charge in [-0.05, 0) is 31.0 Å². The van der Waals surface area contributed by atoms with Gasteiger partial charge in [0.15, 0.2) is 0 Å². The average molecular weight is 433 g/mol. The third-order valence-corrected chi connectivity index (χ3v) is 6.81. The van der Waals surface area contributed by atoms with Crippen LogP contribution in [0.3, 0.4) is 0 Å². The van der Waals surface area contributed by atoms with Crippen molar-refractivity contribution in [3.05, 3.63) is 64.7 Å². The van der Waals surface area contributed by atoms with Crippen molar-refractivity contribution in [1.29, 1.82) is 0 Å². The number of hydrogen-bond donors (Lipinski definition) is 2. The van der Waals surface area contributed by atoms with Gasteiger partial charge in [0.05, 0.1) is 27.7 Å². The van der Waals surface area contributed by atoms with Gasteiger partial charge in [0.1, 0.15) is 6.54 Å². The molecule has 160 valence electrons. The molecular formula is C20H23N3O6S. The molecule has 10 heteroatoms. The van der Waals surface area contributed by atoms with Gasteiger partial charge in [-0.1, -0.05) is 37.1 Å². The monoisotopic (exact) mass is 433 g/mol. The van der Waals surface area contributed by atoms with Crippen molar-refractivity contribution in [2.45, 2.75) is 42.7 Å². The molecule has 2 atom stereocenters. The summed E-state index contributed by atoms with van der Waals surface area (Å²) in [6.07, 6.45) is 2.23. The van der Waals surface area contributed by atoms with E-state index in [1.54, 1.807) is 18.2 Å². The Morgan fingerprint density at radius 2 is 1.83 bits per heavy atom. The van der Waals surface area contributed by atoms with Crippen LogP contribution in [0.4, 0.5) is 11.4 Å². The molecule has 0 saturated heterocycles. The van der Waals surface area contributed by atoms with E-state index in [0.717, 1.165) is 23.2 Å². The molecule has 30 heavy (non-hydrogen) atoms. The zero-order valence-corrected chi connectivity index (χ0v) is 17.0. The second-order valence-electron chi connectivity index (χ2n) is 7.13. The SMILES string of the molecule is O=C(CN(c1cccc([N+](=O)[O-])c1)S(=O)(=O)c1ccccc1)N[C@@H]1CCCC[C@@H]1O. The molecule has 0 bridgehead atoms. The van der Waals surface area contributed by atoms with Crippen LogP contribution in [0.5, 0.6) is 0 Å². The van der Waals surface area contributed by atoms with Gasteiger partial charge in [-0.3, -0.25) is 19.2 Å². The fourth-order valence-electron chi connectivity index (χ4n) is 3.46. The quantitative estimate of drug-likeness (QED) is 0.509. The van der Waals surface area contributed by atoms with Crippen molar-refractivity contribution in [1.82, 2.24) is 5.32 Å². The summed E-state index contributed by atoms with van der Waals surface area (Å²) in [5.41, 5.74) is -0.281. The van der Waals surface area contributed by atoms with E-state index in [1.165, 1.54) is 30.3 Å². The van der Waals surface area contributed by atoms with Gasteiger partial charge in [-0.2, -0.15) is 0 Å². The Morgan fingerprint density at radius 3 is 2.50 bits per heavy atom. The van der Waals surface area contributed by atoms with Crippen LogP contribution in [0.1, 0.15) is 25.7 Å². The lowest BCUT2D eigenvalue weighted by Gasteiger charge is -2.30. The maximum absolute atomic E-state index is 13.2. The molecule has 2 aromatic carbocycles. The topological polar surface area (TPSA) is 130 Å². The second-order valence-corrected chi connectivity index (χ2v) is 8.99. The van der Waals surface area contributed by atoms with Gasteiger partial charge < -0.3 is 10.4 Å². The minimum atomic E-state index is -4.16. The van der Waals surface area contributed by atoms with Crippen LogP contribution < -0.4 is 9.62 Å². The number of aliphatic hydroxyl groups is 1. The van der Waals surface area contributed by atoms with Gasteiger partial charge in [0.2, 0.25) is 5.91 Å². The van der Waals surface area contributed by atoms with Gasteiger partial charge in [-0.25, -0.2) is 8.42 Å². The number of amides is 1. The minimum absolute atomic E-state index is 0.00685. The van der Waals surface area contributed by atoms with E-state index in [0.29, 0.717) is 12.8 Å². The number of nitrogens with zero attached hydrogens (tertiary/aromatic N) is 2. The minimum Gasteiger partial charge on any atom is -0.391 e. The molecule has 3 rings (SSSR count). The highest BCUT2D eigenvalue weighted by molar-refractivity contribution is 7.92. The zero-order valence-electron chi connectivity index (χ0n) is 16.2. The fraction of sp³-hybridized carbons (Fsp3) is 0.350. The molecule has 0 spiro atoms. The van der Waals surface area contributed by atoms with E-state index in [2.05, 4.69) is 5.32 Å². The molecule has 1 amide bonds. The number of benzene rings is 2. The van der Waals surface area contributed by atoms with Crippen LogP contribution in [-0.4, -0.2) is 43.0 Å². The Morgan fingerprint density at radius 1 is 1.13 bits per heavy atom. The Labute approximate surface area is 174 Å². The smallest absolute Gasteiger partial charge is 0.271 e. The van der Waals surface area contributed by atoms with Gasteiger partial charge in [0, 0.05) is 12.1 Å². The number of sulfonamides is 1. The number of anilines is 1. The molecule has 1 aliphatic carbocycles. The summed E-state index contributed by atoms with van der Waals surface area (Å²) < 4.78 is 27.3. The Balaban J connectivity index is 1.92. The Kier molecular flexibility index (Phi) is 6.68. The summed E-state index contributed by atoms with van der Waals surface area (Å²) >= 11 is 0. The molecule has 0 aliphatic heterocycles. The molecular weight excluding hydrogens is 410 g/mol. The number of non-ortho nitro benzene ring substituents is 1. The van der Waals surface area contributed by atoms with E-state index in [1.807, 2.05) is 0 Å². The third-order valence-electron chi connectivity index (χ3n) is 5.02. The largest absolute Gasteiger partial charge is 0.391 e. The van der Waals surface area contributed by atoms with Crippen molar-refractivity contribution in [3.63, 3.8) is 0 Å². The predicted octanol–water partition coefficient (Wildman–Crippen LogP) is 2.21. The highest BCUT2D eigenvalue weighted by atomic mass is 32.2. The number of nitrogens with one attached hydrogen (secondary N) is 1. The van der Waals surface area contributed by atoms with Crippen LogP contribution in [0.25, 0.3) is 0 Å². The summed E-state index contributed by atoms with van der Waals surface area (Å²) in [6, 6.07) is 12.2. The highest BCUT2D eigenvalue weighted by Gasteiger charge is 2.30. The number of nitro benzene ring substituents is 1. The summed E-state index contributed by atoms with van der Waals surface area (Å²) in [6.45, 7) is -0.568. The average Bonchev–Trinajstić information content (AvgIpc) is 2.74. The number of rotatable bonds is 7. The molecule has 0 unspecified atom stereocenters. The lowest BCUT2D eigenvalue weighted by Crippen LogP contribution is -2.49. The molecule has 2 N–H and O–H groups in total. The molecule has 0 radical (unpaired) electrons. The van der Waals surface area contributed by atoms with Gasteiger partial charge in [0.25, 0.3) is 15.7 Å². The normalized spacial score (nSPS) is 19.1. The summed E-state index contributed by atoms with van der Waals surface area (Å²) in [4.78, 5) is 23.2. The van der Waals surface area contributed by atoms with Gasteiger partial charge >= 0.3 is 0 Å². The van der Waals surface area contributed by atoms with Crippen LogP contribution in [0.15, 0.2) is 59.5 Å². The lowest BCUT2D eigenvalue weighted by atomic mass is 9.92. The predicted molar refractivity (Wildman–Crippen MR) is 110 cm³/mol. The number of hydrogen-bond acceptors (Lipinski definition) is 6. The number of nitro groups is 1. The zero-order chi connectivity index (χ0) is 21.7. The highest BCUT2D eigenvalue weighted by Crippen LogP contribution is 2.27. The molecule has 1 fully saturated rings.